The minimum Gasteiger partial charge on any atom is -0.381 e. The Morgan fingerprint density at radius 3 is 2.81 bits per heavy atom. The van der Waals surface area contributed by atoms with Crippen LogP contribution in [0.4, 0.5) is 10.8 Å². The van der Waals surface area contributed by atoms with E-state index in [2.05, 4.69) is 40.9 Å². The molecule has 0 bridgehead atoms. The van der Waals surface area contributed by atoms with E-state index in [0.29, 0.717) is 6.04 Å². The SMILES string of the molecule is CCc1sc(Nc2cnn(C3CCOCC3)c2C)nc1C. The lowest BCUT2D eigenvalue weighted by Crippen LogP contribution is -2.21. The smallest absolute Gasteiger partial charge is 0.187 e. The van der Waals surface area contributed by atoms with Crippen LogP contribution in [0.1, 0.15) is 42.1 Å². The van der Waals surface area contributed by atoms with Crippen molar-refractivity contribution in [1.29, 1.82) is 0 Å². The fourth-order valence-corrected chi connectivity index (χ4v) is 3.68. The summed E-state index contributed by atoms with van der Waals surface area (Å²) in [7, 11) is 0. The highest BCUT2D eigenvalue weighted by atomic mass is 32.1. The van der Waals surface area contributed by atoms with Crippen molar-refractivity contribution in [2.75, 3.05) is 18.5 Å². The number of hydrogen-bond acceptors (Lipinski definition) is 5. The van der Waals surface area contributed by atoms with E-state index in [1.165, 1.54) is 10.6 Å². The first kappa shape index (κ1) is 14.5. The number of nitrogens with zero attached hydrogens (tertiary/aromatic N) is 3. The number of thiazole rings is 1. The molecule has 1 aliphatic rings. The average molecular weight is 306 g/mol. The molecule has 1 N–H and O–H groups in total. The van der Waals surface area contributed by atoms with Crippen molar-refractivity contribution in [3.05, 3.63) is 22.5 Å². The molecule has 21 heavy (non-hydrogen) atoms. The van der Waals surface area contributed by atoms with Gasteiger partial charge in [-0.1, -0.05) is 6.92 Å². The molecule has 0 radical (unpaired) electrons. The van der Waals surface area contributed by atoms with Crippen molar-refractivity contribution < 1.29 is 4.74 Å². The van der Waals surface area contributed by atoms with Crippen LogP contribution >= 0.6 is 11.3 Å². The molecule has 0 aliphatic carbocycles. The standard InChI is InChI=1S/C15H22N4OS/c1-4-14-10(2)17-15(21-14)18-13-9-16-19(11(13)3)12-5-7-20-8-6-12/h9,12H,4-8H2,1-3H3,(H,17,18). The van der Waals surface area contributed by atoms with Crippen LogP contribution in [0.25, 0.3) is 0 Å². The van der Waals surface area contributed by atoms with Gasteiger partial charge in [0.2, 0.25) is 0 Å². The molecule has 1 aliphatic heterocycles. The van der Waals surface area contributed by atoms with Crippen LogP contribution in [0, 0.1) is 13.8 Å². The monoisotopic (exact) mass is 306 g/mol. The Bertz CT molecular complexity index is 613. The van der Waals surface area contributed by atoms with Crippen molar-refractivity contribution >= 4 is 22.2 Å². The minimum atomic E-state index is 0.457. The van der Waals surface area contributed by atoms with Crippen LogP contribution in [0.5, 0.6) is 0 Å². The van der Waals surface area contributed by atoms with Crippen LogP contribution in [-0.2, 0) is 11.2 Å². The second-order valence-corrected chi connectivity index (χ2v) is 6.52. The van der Waals surface area contributed by atoms with Crippen LogP contribution in [0.2, 0.25) is 0 Å². The molecule has 3 rings (SSSR count). The molecular formula is C15H22N4OS. The normalized spacial score (nSPS) is 16.3. The summed E-state index contributed by atoms with van der Waals surface area (Å²) in [5, 5.41) is 8.94. The number of aromatic nitrogens is 3. The van der Waals surface area contributed by atoms with Gasteiger partial charge in [0.05, 0.1) is 29.3 Å². The van der Waals surface area contributed by atoms with Gasteiger partial charge in [-0.3, -0.25) is 4.68 Å². The van der Waals surface area contributed by atoms with Crippen molar-refractivity contribution in [1.82, 2.24) is 14.8 Å². The topological polar surface area (TPSA) is 52.0 Å². The predicted octanol–water partition coefficient (Wildman–Crippen LogP) is 3.61. The van der Waals surface area contributed by atoms with Crippen molar-refractivity contribution in [2.45, 2.75) is 46.1 Å². The molecule has 6 heteroatoms. The lowest BCUT2D eigenvalue weighted by atomic mass is 10.1. The molecule has 3 heterocycles. The van der Waals surface area contributed by atoms with Gasteiger partial charge in [0, 0.05) is 18.1 Å². The zero-order valence-corrected chi connectivity index (χ0v) is 13.7. The summed E-state index contributed by atoms with van der Waals surface area (Å²) in [5.74, 6) is 0. The first-order valence-electron chi connectivity index (χ1n) is 7.54. The summed E-state index contributed by atoms with van der Waals surface area (Å²) in [6.45, 7) is 8.01. The molecule has 1 saturated heterocycles. The Morgan fingerprint density at radius 2 is 2.14 bits per heavy atom. The summed E-state index contributed by atoms with van der Waals surface area (Å²) < 4.78 is 7.56. The lowest BCUT2D eigenvalue weighted by molar-refractivity contribution is 0.0657. The van der Waals surface area contributed by atoms with Crippen LogP contribution in [0.3, 0.4) is 0 Å². The van der Waals surface area contributed by atoms with Gasteiger partial charge in [-0.25, -0.2) is 4.98 Å². The molecule has 5 nitrogen and oxygen atoms in total. The number of anilines is 2. The third kappa shape index (κ3) is 2.96. The van der Waals surface area contributed by atoms with Gasteiger partial charge in [-0.05, 0) is 33.1 Å². The van der Waals surface area contributed by atoms with Gasteiger partial charge in [-0.2, -0.15) is 5.10 Å². The molecule has 2 aromatic rings. The Kier molecular flexibility index (Phi) is 4.26. The first-order valence-corrected chi connectivity index (χ1v) is 8.36. The molecule has 0 amide bonds. The maximum atomic E-state index is 5.43. The number of aryl methyl sites for hydroxylation is 2. The summed E-state index contributed by atoms with van der Waals surface area (Å²) in [6.07, 6.45) is 5.02. The highest BCUT2D eigenvalue weighted by Gasteiger charge is 2.19. The maximum Gasteiger partial charge on any atom is 0.187 e. The largest absolute Gasteiger partial charge is 0.381 e. The van der Waals surface area contributed by atoms with Gasteiger partial charge < -0.3 is 10.1 Å². The summed E-state index contributed by atoms with van der Waals surface area (Å²) in [5.41, 5.74) is 3.35. The summed E-state index contributed by atoms with van der Waals surface area (Å²) in [6, 6.07) is 0.457. The quantitative estimate of drug-likeness (QED) is 0.937. The van der Waals surface area contributed by atoms with E-state index >= 15 is 0 Å². The summed E-state index contributed by atoms with van der Waals surface area (Å²) >= 11 is 1.73. The zero-order valence-electron chi connectivity index (χ0n) is 12.8. The zero-order chi connectivity index (χ0) is 14.8. The second kappa shape index (κ2) is 6.15. The van der Waals surface area contributed by atoms with Gasteiger partial charge in [0.15, 0.2) is 5.13 Å². The van der Waals surface area contributed by atoms with Gasteiger partial charge in [0.25, 0.3) is 0 Å². The molecule has 0 spiro atoms. The van der Waals surface area contributed by atoms with E-state index in [9.17, 15) is 0 Å². The lowest BCUT2D eigenvalue weighted by Gasteiger charge is -2.23. The third-order valence-corrected chi connectivity index (χ3v) is 5.25. The molecule has 0 aromatic carbocycles. The van der Waals surface area contributed by atoms with Gasteiger partial charge in [-0.15, -0.1) is 11.3 Å². The Labute approximate surface area is 129 Å². The Balaban J connectivity index is 1.78. The predicted molar refractivity (Wildman–Crippen MR) is 85.6 cm³/mol. The molecule has 0 unspecified atom stereocenters. The van der Waals surface area contributed by atoms with Crippen LogP contribution in [-0.4, -0.2) is 28.0 Å². The average Bonchev–Trinajstić information content (AvgIpc) is 3.04. The highest BCUT2D eigenvalue weighted by Crippen LogP contribution is 2.30. The van der Waals surface area contributed by atoms with Crippen molar-refractivity contribution in [2.24, 2.45) is 0 Å². The Morgan fingerprint density at radius 1 is 1.38 bits per heavy atom. The van der Waals surface area contributed by atoms with Crippen LogP contribution in [0.15, 0.2) is 6.20 Å². The molecule has 1 fully saturated rings. The number of nitrogens with one attached hydrogen (secondary N) is 1. The molecular weight excluding hydrogens is 284 g/mol. The summed E-state index contributed by atoms with van der Waals surface area (Å²) in [4.78, 5) is 5.93. The second-order valence-electron chi connectivity index (χ2n) is 5.44. The van der Waals surface area contributed by atoms with Crippen molar-refractivity contribution in [3.63, 3.8) is 0 Å². The number of hydrogen-bond donors (Lipinski definition) is 1. The van der Waals surface area contributed by atoms with E-state index in [1.54, 1.807) is 11.3 Å². The Hall–Kier alpha value is -1.40. The molecule has 114 valence electrons. The van der Waals surface area contributed by atoms with Crippen LogP contribution < -0.4 is 5.32 Å². The first-order chi connectivity index (χ1) is 10.2. The van der Waals surface area contributed by atoms with Crippen molar-refractivity contribution in [3.8, 4) is 0 Å². The maximum absolute atomic E-state index is 5.43. The van der Waals surface area contributed by atoms with E-state index in [1.807, 2.05) is 6.20 Å². The molecule has 0 atom stereocenters. The number of rotatable bonds is 4. The van der Waals surface area contributed by atoms with E-state index in [0.717, 1.165) is 49.0 Å². The van der Waals surface area contributed by atoms with Gasteiger partial charge >= 0.3 is 0 Å². The van der Waals surface area contributed by atoms with Gasteiger partial charge in [0.1, 0.15) is 0 Å². The minimum absolute atomic E-state index is 0.457. The molecule has 0 saturated carbocycles. The fraction of sp³-hybridized carbons (Fsp3) is 0.600. The van der Waals surface area contributed by atoms with E-state index in [4.69, 9.17) is 4.74 Å². The fourth-order valence-electron chi connectivity index (χ4n) is 2.77. The highest BCUT2D eigenvalue weighted by molar-refractivity contribution is 7.15. The third-order valence-electron chi connectivity index (χ3n) is 4.04. The van der Waals surface area contributed by atoms with E-state index < -0.39 is 0 Å². The van der Waals surface area contributed by atoms with E-state index in [-0.39, 0.29) is 0 Å². The molecule has 2 aromatic heterocycles. The number of ether oxygens (including phenoxy) is 1.